The fourth-order valence-corrected chi connectivity index (χ4v) is 1.53. The number of hydrogen-bond acceptors (Lipinski definition) is 3. The lowest BCUT2D eigenvalue weighted by Crippen LogP contribution is -2.36. The summed E-state index contributed by atoms with van der Waals surface area (Å²) in [6, 6.07) is 5.40. The fraction of sp³-hybridized carbons (Fsp3) is 0.500. The highest BCUT2D eigenvalue weighted by molar-refractivity contribution is 5.73. The van der Waals surface area contributed by atoms with E-state index in [0.717, 1.165) is 5.56 Å². The van der Waals surface area contributed by atoms with Crippen LogP contribution in [-0.2, 0) is 6.54 Å². The standard InChI is InChI=1S/C14H22N2O3/c1-10(2)8-15-14(17)16-9-11-5-6-12(18-3)13(7-11)19-4/h5-7,10H,8-9H2,1-4H3,(H2,15,16,17). The van der Waals surface area contributed by atoms with Gasteiger partial charge in [-0.3, -0.25) is 0 Å². The zero-order valence-electron chi connectivity index (χ0n) is 11.9. The van der Waals surface area contributed by atoms with Crippen LogP contribution < -0.4 is 20.1 Å². The van der Waals surface area contributed by atoms with Gasteiger partial charge in [-0.05, 0) is 23.6 Å². The molecular formula is C14H22N2O3. The highest BCUT2D eigenvalue weighted by atomic mass is 16.5. The largest absolute Gasteiger partial charge is 0.493 e. The number of urea groups is 1. The SMILES string of the molecule is COc1ccc(CNC(=O)NCC(C)C)cc1OC. The number of nitrogens with one attached hydrogen (secondary N) is 2. The Bertz CT molecular complexity index is 419. The first-order chi connectivity index (χ1) is 9.06. The highest BCUT2D eigenvalue weighted by Crippen LogP contribution is 2.27. The number of hydrogen-bond donors (Lipinski definition) is 2. The summed E-state index contributed by atoms with van der Waals surface area (Å²) in [6.45, 7) is 5.21. The van der Waals surface area contributed by atoms with Gasteiger partial charge < -0.3 is 20.1 Å². The molecule has 1 aromatic rings. The monoisotopic (exact) mass is 266 g/mol. The number of carbonyl (C=O) groups excluding carboxylic acids is 1. The molecule has 0 saturated heterocycles. The van der Waals surface area contributed by atoms with Crippen molar-refractivity contribution in [3.63, 3.8) is 0 Å². The van der Waals surface area contributed by atoms with E-state index in [9.17, 15) is 4.79 Å². The Hall–Kier alpha value is -1.91. The molecule has 5 heteroatoms. The molecule has 0 aliphatic heterocycles. The maximum atomic E-state index is 11.5. The maximum absolute atomic E-state index is 11.5. The molecule has 0 saturated carbocycles. The summed E-state index contributed by atoms with van der Waals surface area (Å²) in [7, 11) is 3.18. The molecule has 0 bridgehead atoms. The Labute approximate surface area is 114 Å². The van der Waals surface area contributed by atoms with E-state index in [2.05, 4.69) is 24.5 Å². The Morgan fingerprint density at radius 3 is 2.42 bits per heavy atom. The average molecular weight is 266 g/mol. The first-order valence-corrected chi connectivity index (χ1v) is 6.29. The minimum absolute atomic E-state index is 0.163. The van der Waals surface area contributed by atoms with Gasteiger partial charge >= 0.3 is 6.03 Å². The molecule has 1 aromatic carbocycles. The van der Waals surface area contributed by atoms with Gasteiger partial charge in [0, 0.05) is 13.1 Å². The van der Waals surface area contributed by atoms with Gasteiger partial charge in [-0.1, -0.05) is 19.9 Å². The van der Waals surface area contributed by atoms with E-state index >= 15 is 0 Å². The van der Waals surface area contributed by atoms with Crippen LogP contribution in [0.2, 0.25) is 0 Å². The Morgan fingerprint density at radius 2 is 1.84 bits per heavy atom. The molecule has 106 valence electrons. The normalized spacial score (nSPS) is 10.2. The Morgan fingerprint density at radius 1 is 1.16 bits per heavy atom. The lowest BCUT2D eigenvalue weighted by molar-refractivity contribution is 0.239. The van der Waals surface area contributed by atoms with Crippen LogP contribution in [0.15, 0.2) is 18.2 Å². The number of ether oxygens (including phenoxy) is 2. The summed E-state index contributed by atoms with van der Waals surface area (Å²) in [5, 5.41) is 5.59. The van der Waals surface area contributed by atoms with Crippen molar-refractivity contribution in [1.29, 1.82) is 0 Å². The van der Waals surface area contributed by atoms with Gasteiger partial charge in [0.15, 0.2) is 11.5 Å². The molecule has 0 radical (unpaired) electrons. The van der Waals surface area contributed by atoms with Crippen LogP contribution in [0.1, 0.15) is 19.4 Å². The number of carbonyl (C=O) groups is 1. The zero-order chi connectivity index (χ0) is 14.3. The third-order valence-corrected chi connectivity index (χ3v) is 2.57. The molecule has 0 aliphatic rings. The van der Waals surface area contributed by atoms with Gasteiger partial charge in [-0.25, -0.2) is 4.79 Å². The molecule has 2 N–H and O–H groups in total. The molecule has 0 fully saturated rings. The van der Waals surface area contributed by atoms with E-state index in [1.807, 2.05) is 18.2 Å². The summed E-state index contributed by atoms with van der Waals surface area (Å²) in [4.78, 5) is 11.5. The van der Waals surface area contributed by atoms with Crippen LogP contribution in [0.5, 0.6) is 11.5 Å². The Kier molecular flexibility index (Phi) is 5.99. The molecule has 5 nitrogen and oxygen atoms in total. The molecule has 0 atom stereocenters. The lowest BCUT2D eigenvalue weighted by Gasteiger charge is -2.11. The van der Waals surface area contributed by atoms with Gasteiger partial charge in [-0.15, -0.1) is 0 Å². The average Bonchev–Trinajstić information content (AvgIpc) is 2.42. The number of benzene rings is 1. The van der Waals surface area contributed by atoms with E-state index < -0.39 is 0 Å². The predicted octanol–water partition coefficient (Wildman–Crippen LogP) is 2.16. The molecule has 0 spiro atoms. The molecule has 0 unspecified atom stereocenters. The molecule has 1 rings (SSSR count). The van der Waals surface area contributed by atoms with Crippen LogP contribution in [0, 0.1) is 5.92 Å². The van der Waals surface area contributed by atoms with Crippen molar-refractivity contribution in [2.45, 2.75) is 20.4 Å². The number of amides is 2. The molecule has 0 heterocycles. The van der Waals surface area contributed by atoms with Gasteiger partial charge in [0.05, 0.1) is 14.2 Å². The van der Waals surface area contributed by atoms with Crippen LogP contribution in [0.4, 0.5) is 4.79 Å². The molecule has 0 aromatic heterocycles. The van der Waals surface area contributed by atoms with E-state index in [0.29, 0.717) is 30.5 Å². The van der Waals surface area contributed by atoms with E-state index in [1.165, 1.54) is 0 Å². The van der Waals surface area contributed by atoms with Crippen molar-refractivity contribution in [2.75, 3.05) is 20.8 Å². The summed E-state index contributed by atoms with van der Waals surface area (Å²) in [5.41, 5.74) is 0.956. The second-order valence-corrected chi connectivity index (χ2v) is 4.65. The quantitative estimate of drug-likeness (QED) is 0.829. The molecule has 2 amide bonds. The third-order valence-electron chi connectivity index (χ3n) is 2.57. The summed E-state index contributed by atoms with van der Waals surface area (Å²) in [5.74, 6) is 1.77. The van der Waals surface area contributed by atoms with Crippen LogP contribution in [0.25, 0.3) is 0 Å². The van der Waals surface area contributed by atoms with E-state index in [-0.39, 0.29) is 6.03 Å². The topological polar surface area (TPSA) is 59.6 Å². The minimum Gasteiger partial charge on any atom is -0.493 e. The number of rotatable bonds is 6. The summed E-state index contributed by atoms with van der Waals surface area (Å²) < 4.78 is 10.4. The third kappa shape index (κ3) is 5.07. The zero-order valence-corrected chi connectivity index (χ0v) is 11.9. The minimum atomic E-state index is -0.163. The van der Waals surface area contributed by atoms with Crippen molar-refractivity contribution < 1.29 is 14.3 Å². The molecular weight excluding hydrogens is 244 g/mol. The highest BCUT2D eigenvalue weighted by Gasteiger charge is 2.06. The second kappa shape index (κ2) is 7.51. The van der Waals surface area contributed by atoms with Crippen LogP contribution >= 0.6 is 0 Å². The second-order valence-electron chi connectivity index (χ2n) is 4.65. The van der Waals surface area contributed by atoms with E-state index in [1.54, 1.807) is 14.2 Å². The number of methoxy groups -OCH3 is 2. The summed E-state index contributed by atoms with van der Waals surface area (Å²) >= 11 is 0. The van der Waals surface area contributed by atoms with Crippen LogP contribution in [-0.4, -0.2) is 26.8 Å². The summed E-state index contributed by atoms with van der Waals surface area (Å²) in [6.07, 6.45) is 0. The van der Waals surface area contributed by atoms with Crippen LogP contribution in [0.3, 0.4) is 0 Å². The van der Waals surface area contributed by atoms with Crippen molar-refractivity contribution in [3.8, 4) is 11.5 Å². The smallest absolute Gasteiger partial charge is 0.315 e. The van der Waals surface area contributed by atoms with E-state index in [4.69, 9.17) is 9.47 Å². The van der Waals surface area contributed by atoms with Crippen molar-refractivity contribution >= 4 is 6.03 Å². The first kappa shape index (κ1) is 15.1. The molecule has 0 aliphatic carbocycles. The lowest BCUT2D eigenvalue weighted by atomic mass is 10.2. The van der Waals surface area contributed by atoms with Crippen molar-refractivity contribution in [1.82, 2.24) is 10.6 Å². The predicted molar refractivity (Wildman–Crippen MR) is 74.6 cm³/mol. The molecule has 19 heavy (non-hydrogen) atoms. The first-order valence-electron chi connectivity index (χ1n) is 6.29. The fourth-order valence-electron chi connectivity index (χ4n) is 1.53. The maximum Gasteiger partial charge on any atom is 0.315 e. The van der Waals surface area contributed by atoms with Crippen molar-refractivity contribution in [3.05, 3.63) is 23.8 Å². The van der Waals surface area contributed by atoms with Gasteiger partial charge in [-0.2, -0.15) is 0 Å². The van der Waals surface area contributed by atoms with Gasteiger partial charge in [0.25, 0.3) is 0 Å². The Balaban J connectivity index is 2.51. The van der Waals surface area contributed by atoms with Gasteiger partial charge in [0.2, 0.25) is 0 Å². The van der Waals surface area contributed by atoms with Crippen molar-refractivity contribution in [2.24, 2.45) is 5.92 Å². The van der Waals surface area contributed by atoms with Gasteiger partial charge in [0.1, 0.15) is 0 Å².